The van der Waals surface area contributed by atoms with Gasteiger partial charge in [-0.05, 0) is 54.7 Å². The van der Waals surface area contributed by atoms with Gasteiger partial charge in [-0.1, -0.05) is 29.4 Å². The van der Waals surface area contributed by atoms with Crippen LogP contribution in [0.1, 0.15) is 48.8 Å². The molecule has 2 atom stereocenters. The minimum atomic E-state index is -2.94. The number of benzene rings is 2. The van der Waals surface area contributed by atoms with Gasteiger partial charge in [-0.2, -0.15) is 5.26 Å². The van der Waals surface area contributed by atoms with Gasteiger partial charge in [0.25, 0.3) is 11.8 Å². The molecule has 2 amide bonds. The largest absolute Gasteiger partial charge is 0.351 e. The van der Waals surface area contributed by atoms with Crippen LogP contribution in [0.15, 0.2) is 60.8 Å². The Morgan fingerprint density at radius 2 is 1.88 bits per heavy atom. The lowest BCUT2D eigenvalue weighted by atomic mass is 9.84. The van der Waals surface area contributed by atoms with Gasteiger partial charge in [0.05, 0.1) is 17.3 Å². The van der Waals surface area contributed by atoms with E-state index in [4.69, 9.17) is 0 Å². The number of carbonyl (C=O) groups excluding carboxylic acids is 2. The number of nitrogens with one attached hydrogen (secondary N) is 1. The molecule has 222 valence electrons. The number of fused-ring (bicyclic) bond motifs is 1. The van der Waals surface area contributed by atoms with Crippen molar-refractivity contribution in [1.82, 2.24) is 15.5 Å². The number of anilines is 2. The predicted molar refractivity (Wildman–Crippen MR) is 144 cm³/mol. The monoisotopic (exact) mass is 594 g/mol. The van der Waals surface area contributed by atoms with Crippen LogP contribution < -0.4 is 15.2 Å². The van der Waals surface area contributed by atoms with E-state index < -0.39 is 65.6 Å². The zero-order chi connectivity index (χ0) is 30.5. The normalized spacial score (nSPS) is 22.7. The summed E-state index contributed by atoms with van der Waals surface area (Å²) in [7, 11) is 0. The number of nitriles is 1. The molecule has 1 aromatic heterocycles. The number of nitrogens with zero attached hydrogens (tertiary/aromatic N) is 5. The van der Waals surface area contributed by atoms with Gasteiger partial charge in [-0.25, -0.2) is 22.5 Å². The SMILES string of the molecule is N#Cc1ccnc(N2C(=O)CC[C@H]2N(O)N(c2cc(F)ccc2F)[C@@]2(C(=O)NC3CC(F)(F)C3)CCc3ccccc32)c1. The van der Waals surface area contributed by atoms with E-state index in [0.717, 1.165) is 28.1 Å². The minimum Gasteiger partial charge on any atom is -0.351 e. The molecule has 3 aliphatic rings. The molecule has 2 aliphatic carbocycles. The fourth-order valence-corrected chi connectivity index (χ4v) is 6.27. The standard InChI is InChI=1S/C30H26F4N6O3/c31-20-5-6-23(32)24(14-20)39(40(43)26-7-8-27(41)38(26)25-13-18(17-35)10-12-36-25)30(11-9-19-3-1-2-4-22(19)30)28(42)37-21-15-29(33,34)16-21/h1-6,10,12-14,21,26,43H,7-9,11,15-16H2,(H,37,42)/t26-,30+/m1/s1. The van der Waals surface area contributed by atoms with Gasteiger partial charge >= 0.3 is 0 Å². The maximum Gasteiger partial charge on any atom is 0.252 e. The summed E-state index contributed by atoms with van der Waals surface area (Å²) in [6, 6.07) is 13.2. The number of pyridine rings is 1. The summed E-state index contributed by atoms with van der Waals surface area (Å²) in [5.41, 5.74) is -1.19. The molecule has 1 saturated carbocycles. The van der Waals surface area contributed by atoms with Crippen LogP contribution in [0.2, 0.25) is 0 Å². The molecule has 2 N–H and O–H groups in total. The topological polar surface area (TPSA) is 113 Å². The van der Waals surface area contributed by atoms with E-state index in [1.807, 2.05) is 6.07 Å². The van der Waals surface area contributed by atoms with Crippen molar-refractivity contribution in [3.8, 4) is 6.07 Å². The van der Waals surface area contributed by atoms with E-state index in [-0.39, 0.29) is 30.6 Å². The Morgan fingerprint density at radius 3 is 2.63 bits per heavy atom. The maximum atomic E-state index is 15.7. The van der Waals surface area contributed by atoms with Crippen molar-refractivity contribution in [2.75, 3.05) is 9.91 Å². The van der Waals surface area contributed by atoms with E-state index in [9.17, 15) is 33.2 Å². The Kier molecular flexibility index (Phi) is 7.06. The number of hydrazine groups is 1. The first-order chi connectivity index (χ1) is 20.5. The molecular weight excluding hydrogens is 568 g/mol. The van der Waals surface area contributed by atoms with Crippen molar-refractivity contribution in [1.29, 1.82) is 5.26 Å². The maximum absolute atomic E-state index is 15.7. The lowest BCUT2D eigenvalue weighted by molar-refractivity contribution is -0.164. The van der Waals surface area contributed by atoms with E-state index in [2.05, 4.69) is 10.3 Å². The van der Waals surface area contributed by atoms with Crippen LogP contribution in [0.5, 0.6) is 0 Å². The Labute approximate surface area is 243 Å². The molecule has 0 spiro atoms. The molecule has 2 heterocycles. The van der Waals surface area contributed by atoms with Crippen molar-refractivity contribution < 1.29 is 32.4 Å². The van der Waals surface area contributed by atoms with Gasteiger partial charge in [-0.3, -0.25) is 24.7 Å². The highest BCUT2D eigenvalue weighted by Crippen LogP contribution is 2.48. The fraction of sp³-hybridized carbons (Fsp3) is 0.333. The van der Waals surface area contributed by atoms with Gasteiger partial charge in [0, 0.05) is 37.6 Å². The number of hydrogen-bond acceptors (Lipinski definition) is 7. The molecular formula is C30H26F4N6O3. The van der Waals surface area contributed by atoms with Crippen LogP contribution in [0.4, 0.5) is 29.1 Å². The molecule has 0 unspecified atom stereocenters. The molecule has 0 bridgehead atoms. The van der Waals surface area contributed by atoms with Gasteiger partial charge < -0.3 is 5.32 Å². The fourth-order valence-electron chi connectivity index (χ4n) is 6.27. The second-order valence-corrected chi connectivity index (χ2v) is 11.0. The average Bonchev–Trinajstić information content (AvgIpc) is 3.55. The lowest BCUT2D eigenvalue weighted by Gasteiger charge is -2.49. The van der Waals surface area contributed by atoms with Gasteiger partial charge in [0.1, 0.15) is 23.6 Å². The van der Waals surface area contributed by atoms with Crippen molar-refractivity contribution in [2.24, 2.45) is 0 Å². The van der Waals surface area contributed by atoms with Gasteiger partial charge in [0.15, 0.2) is 5.54 Å². The summed E-state index contributed by atoms with van der Waals surface area (Å²) in [6.07, 6.45) is -0.913. The van der Waals surface area contributed by atoms with Gasteiger partial charge in [0.2, 0.25) is 5.91 Å². The first kappa shape index (κ1) is 28.6. The van der Waals surface area contributed by atoms with E-state index in [0.29, 0.717) is 22.7 Å². The quantitative estimate of drug-likeness (QED) is 0.305. The first-order valence-electron chi connectivity index (χ1n) is 13.7. The second kappa shape index (κ2) is 10.6. The van der Waals surface area contributed by atoms with Gasteiger partial charge in [-0.15, -0.1) is 0 Å². The number of hydrogen-bond donors (Lipinski definition) is 2. The Balaban J connectivity index is 1.51. The highest BCUT2D eigenvalue weighted by Gasteiger charge is 2.57. The third-order valence-electron chi connectivity index (χ3n) is 8.29. The molecule has 6 rings (SSSR count). The molecule has 3 aromatic rings. The van der Waals surface area contributed by atoms with E-state index in [1.54, 1.807) is 24.3 Å². The molecule has 0 radical (unpaired) electrons. The smallest absolute Gasteiger partial charge is 0.252 e. The average molecular weight is 595 g/mol. The molecule has 13 heteroatoms. The van der Waals surface area contributed by atoms with Crippen LogP contribution in [0, 0.1) is 23.0 Å². The van der Waals surface area contributed by atoms with Crippen LogP contribution in [-0.4, -0.2) is 45.3 Å². The number of aryl methyl sites for hydroxylation is 1. The number of rotatable bonds is 7. The number of halogens is 4. The summed E-state index contributed by atoms with van der Waals surface area (Å²) < 4.78 is 57.8. The summed E-state index contributed by atoms with van der Waals surface area (Å²) in [5.74, 6) is -6.00. The van der Waals surface area contributed by atoms with E-state index in [1.165, 1.54) is 18.3 Å². The molecule has 2 fully saturated rings. The number of carbonyl (C=O) groups is 2. The number of aromatic nitrogens is 1. The summed E-state index contributed by atoms with van der Waals surface area (Å²) in [5, 5.41) is 25.5. The van der Waals surface area contributed by atoms with E-state index >= 15 is 4.39 Å². The lowest BCUT2D eigenvalue weighted by Crippen LogP contribution is -2.67. The van der Waals surface area contributed by atoms with Crippen LogP contribution in [0.3, 0.4) is 0 Å². The minimum absolute atomic E-state index is 0.00454. The summed E-state index contributed by atoms with van der Waals surface area (Å²) in [6.45, 7) is 0. The first-order valence-corrected chi connectivity index (χ1v) is 13.7. The molecule has 9 nitrogen and oxygen atoms in total. The zero-order valence-corrected chi connectivity index (χ0v) is 22.7. The van der Waals surface area contributed by atoms with Crippen LogP contribution in [-0.2, 0) is 21.5 Å². The van der Waals surface area contributed by atoms with Crippen LogP contribution >= 0.6 is 0 Å². The second-order valence-electron chi connectivity index (χ2n) is 11.0. The van der Waals surface area contributed by atoms with Crippen LogP contribution in [0.25, 0.3) is 0 Å². The molecule has 1 saturated heterocycles. The zero-order valence-electron chi connectivity index (χ0n) is 22.7. The molecule has 43 heavy (non-hydrogen) atoms. The van der Waals surface area contributed by atoms with Crippen molar-refractivity contribution in [3.05, 3.63) is 89.1 Å². The third-order valence-corrected chi connectivity index (χ3v) is 8.29. The molecule has 2 aromatic carbocycles. The number of alkyl halides is 2. The Hall–Kier alpha value is -4.54. The summed E-state index contributed by atoms with van der Waals surface area (Å²) >= 11 is 0. The van der Waals surface area contributed by atoms with Crippen molar-refractivity contribution in [3.63, 3.8) is 0 Å². The van der Waals surface area contributed by atoms with Crippen molar-refractivity contribution in [2.45, 2.75) is 62.2 Å². The third kappa shape index (κ3) is 4.86. The summed E-state index contributed by atoms with van der Waals surface area (Å²) in [4.78, 5) is 32.7. The Bertz CT molecular complexity index is 1640. The molecule has 1 aliphatic heterocycles. The number of hydroxylamine groups is 1. The Morgan fingerprint density at radius 1 is 1.12 bits per heavy atom. The highest BCUT2D eigenvalue weighted by atomic mass is 19.3. The predicted octanol–water partition coefficient (Wildman–Crippen LogP) is 4.55. The highest BCUT2D eigenvalue weighted by molar-refractivity contribution is 5.96. The number of amides is 2. The van der Waals surface area contributed by atoms with Crippen molar-refractivity contribution >= 4 is 23.3 Å².